The molecular weight excluding hydrogens is 301 g/mol. The molecule has 1 amide bonds. The van der Waals surface area contributed by atoms with Gasteiger partial charge in [-0.15, -0.1) is 0 Å². The summed E-state index contributed by atoms with van der Waals surface area (Å²) >= 11 is 0. The molecule has 2 heterocycles. The Bertz CT molecular complexity index is 675. The Balaban J connectivity index is 2.20. The summed E-state index contributed by atoms with van der Waals surface area (Å²) in [5, 5.41) is 9.32. The summed E-state index contributed by atoms with van der Waals surface area (Å²) in [6.07, 6.45) is -1.40. The van der Waals surface area contributed by atoms with Gasteiger partial charge in [-0.3, -0.25) is 14.8 Å². The largest absolute Gasteiger partial charge is 0.437 e. The van der Waals surface area contributed by atoms with E-state index in [1.54, 1.807) is 20.2 Å². The van der Waals surface area contributed by atoms with Crippen molar-refractivity contribution in [3.05, 3.63) is 29.2 Å². The third-order valence-corrected chi connectivity index (χ3v) is 3.27. The monoisotopic (exact) mass is 316 g/mol. The van der Waals surface area contributed by atoms with E-state index in [1.807, 2.05) is 0 Å². The highest BCUT2D eigenvalue weighted by molar-refractivity contribution is 5.95. The molecule has 9 heteroatoms. The van der Waals surface area contributed by atoms with Crippen LogP contribution in [0.25, 0.3) is 0 Å². The maximum absolute atomic E-state index is 12.8. The summed E-state index contributed by atoms with van der Waals surface area (Å²) < 4.78 is 44.5. The Morgan fingerprint density at radius 2 is 2.18 bits per heavy atom. The first-order valence-corrected chi connectivity index (χ1v) is 6.59. The van der Waals surface area contributed by atoms with Crippen LogP contribution in [0.3, 0.4) is 0 Å². The van der Waals surface area contributed by atoms with Crippen molar-refractivity contribution < 1.29 is 22.5 Å². The van der Waals surface area contributed by atoms with E-state index in [1.165, 1.54) is 17.8 Å². The average molecular weight is 316 g/mol. The summed E-state index contributed by atoms with van der Waals surface area (Å²) in [6.45, 7) is 3.15. The number of anilines is 1. The predicted molar refractivity (Wildman–Crippen MR) is 71.1 cm³/mol. The van der Waals surface area contributed by atoms with Gasteiger partial charge < -0.3 is 4.52 Å². The number of amides is 1. The van der Waals surface area contributed by atoms with Crippen molar-refractivity contribution in [3.8, 4) is 0 Å². The molecule has 0 bridgehead atoms. The van der Waals surface area contributed by atoms with Crippen molar-refractivity contribution in [1.29, 1.82) is 0 Å². The summed E-state index contributed by atoms with van der Waals surface area (Å²) in [4.78, 5) is 12.1. The molecule has 0 aliphatic carbocycles. The number of hydrogen-bond acceptors (Lipinski definition) is 4. The summed E-state index contributed by atoms with van der Waals surface area (Å²) in [5.41, 5.74) is -0.632. The van der Waals surface area contributed by atoms with E-state index in [4.69, 9.17) is 0 Å². The second kappa shape index (κ2) is 5.82. The molecule has 1 unspecified atom stereocenters. The van der Waals surface area contributed by atoms with Crippen molar-refractivity contribution in [2.75, 3.05) is 5.32 Å². The van der Waals surface area contributed by atoms with Crippen LogP contribution < -0.4 is 5.32 Å². The Morgan fingerprint density at radius 1 is 1.50 bits per heavy atom. The van der Waals surface area contributed by atoms with E-state index in [-0.39, 0.29) is 17.9 Å². The Labute approximate surface area is 124 Å². The lowest BCUT2D eigenvalue weighted by Crippen LogP contribution is -2.19. The average Bonchev–Trinajstić information content (AvgIpc) is 3.03. The highest BCUT2D eigenvalue weighted by Gasteiger charge is 2.39. The van der Waals surface area contributed by atoms with E-state index in [2.05, 4.69) is 20.1 Å². The molecule has 2 aromatic rings. The quantitative estimate of drug-likeness (QED) is 0.941. The van der Waals surface area contributed by atoms with Gasteiger partial charge in [-0.1, -0.05) is 12.1 Å². The van der Waals surface area contributed by atoms with Crippen LogP contribution >= 0.6 is 0 Å². The zero-order valence-corrected chi connectivity index (χ0v) is 12.2. The van der Waals surface area contributed by atoms with Gasteiger partial charge in [0.15, 0.2) is 5.69 Å². The number of nitrogens with zero attached hydrogens (tertiary/aromatic N) is 3. The number of nitrogens with one attached hydrogen (secondary N) is 1. The highest BCUT2D eigenvalue weighted by atomic mass is 19.4. The molecule has 0 aliphatic heterocycles. The molecule has 1 N–H and O–H groups in total. The van der Waals surface area contributed by atoms with Crippen molar-refractivity contribution in [1.82, 2.24) is 14.9 Å². The van der Waals surface area contributed by atoms with E-state index in [0.29, 0.717) is 5.56 Å². The third-order valence-electron chi connectivity index (χ3n) is 3.27. The van der Waals surface area contributed by atoms with Gasteiger partial charge in [0.1, 0.15) is 0 Å². The lowest BCUT2D eigenvalue weighted by atomic mass is 10.0. The molecule has 2 aromatic heterocycles. The summed E-state index contributed by atoms with van der Waals surface area (Å²) in [7, 11) is 1.70. The van der Waals surface area contributed by atoms with Gasteiger partial charge in [0.05, 0.1) is 12.1 Å². The number of aromatic nitrogens is 3. The lowest BCUT2D eigenvalue weighted by molar-refractivity contribution is -0.143. The Hall–Kier alpha value is -2.32. The van der Waals surface area contributed by atoms with Crippen LogP contribution in [0.1, 0.15) is 36.6 Å². The second-order valence-electron chi connectivity index (χ2n) is 4.85. The molecule has 0 saturated heterocycles. The number of aryl methyl sites for hydroxylation is 1. The minimum absolute atomic E-state index is 0.0369. The lowest BCUT2D eigenvalue weighted by Gasteiger charge is -2.09. The smallest absolute Gasteiger partial charge is 0.338 e. The maximum Gasteiger partial charge on any atom is 0.437 e. The zero-order valence-electron chi connectivity index (χ0n) is 12.2. The first kappa shape index (κ1) is 16.1. The number of rotatable bonds is 4. The molecule has 1 atom stereocenters. The van der Waals surface area contributed by atoms with E-state index >= 15 is 0 Å². The number of carbonyl (C=O) groups excluding carboxylic acids is 1. The van der Waals surface area contributed by atoms with Gasteiger partial charge in [-0.25, -0.2) is 0 Å². The fourth-order valence-electron chi connectivity index (χ4n) is 1.99. The van der Waals surface area contributed by atoms with Crippen molar-refractivity contribution >= 4 is 11.8 Å². The van der Waals surface area contributed by atoms with E-state index < -0.39 is 23.7 Å². The molecule has 0 aromatic carbocycles. The van der Waals surface area contributed by atoms with E-state index in [0.717, 1.165) is 0 Å². The van der Waals surface area contributed by atoms with Crippen molar-refractivity contribution in [3.63, 3.8) is 0 Å². The normalized spacial score (nSPS) is 13.2. The number of alkyl halides is 3. The number of halogens is 3. The minimum Gasteiger partial charge on any atom is -0.338 e. The van der Waals surface area contributed by atoms with Crippen LogP contribution in [-0.2, 0) is 24.4 Å². The molecular formula is C13H15F3N4O2. The first-order valence-electron chi connectivity index (χ1n) is 6.59. The van der Waals surface area contributed by atoms with Gasteiger partial charge in [0.25, 0.3) is 0 Å². The third kappa shape index (κ3) is 3.12. The number of carbonyl (C=O) groups is 1. The highest BCUT2D eigenvalue weighted by Crippen LogP contribution is 2.35. The molecule has 2 rings (SSSR count). The van der Waals surface area contributed by atoms with Crippen LogP contribution in [-0.4, -0.2) is 20.8 Å². The molecule has 22 heavy (non-hydrogen) atoms. The Kier molecular flexibility index (Phi) is 4.25. The van der Waals surface area contributed by atoms with Crippen LogP contribution in [0, 0.1) is 0 Å². The zero-order chi connectivity index (χ0) is 16.5. The predicted octanol–water partition coefficient (Wildman–Crippen LogP) is 2.73. The summed E-state index contributed by atoms with van der Waals surface area (Å²) in [5.74, 6) is -1.35. The van der Waals surface area contributed by atoms with Gasteiger partial charge in [0.2, 0.25) is 11.8 Å². The molecule has 0 spiro atoms. The van der Waals surface area contributed by atoms with Gasteiger partial charge >= 0.3 is 6.18 Å². The summed E-state index contributed by atoms with van der Waals surface area (Å²) in [6, 6.07) is 0. The molecule has 0 saturated carbocycles. The van der Waals surface area contributed by atoms with Crippen LogP contribution in [0.5, 0.6) is 0 Å². The molecule has 0 aliphatic rings. The van der Waals surface area contributed by atoms with Crippen molar-refractivity contribution in [2.24, 2.45) is 7.05 Å². The number of hydrogen-bond donors (Lipinski definition) is 1. The molecule has 0 fully saturated rings. The SMILES string of the molecule is CCc1c(C(F)(F)F)noc1NC(=O)C(C)c1cnn(C)c1. The topological polar surface area (TPSA) is 73.0 Å². The fraction of sp³-hybridized carbons (Fsp3) is 0.462. The fourth-order valence-corrected chi connectivity index (χ4v) is 1.99. The van der Waals surface area contributed by atoms with Gasteiger partial charge in [0, 0.05) is 24.4 Å². The standard InChI is InChI=1S/C13H15F3N4O2/c1-4-9-10(13(14,15)16)19-22-12(9)18-11(21)7(2)8-5-17-20(3)6-8/h5-7H,4H2,1-3H3,(H,18,21). The Morgan fingerprint density at radius 3 is 2.68 bits per heavy atom. The molecule has 6 nitrogen and oxygen atoms in total. The maximum atomic E-state index is 12.8. The van der Waals surface area contributed by atoms with E-state index in [9.17, 15) is 18.0 Å². The van der Waals surface area contributed by atoms with Crippen molar-refractivity contribution in [2.45, 2.75) is 32.4 Å². The first-order chi connectivity index (χ1) is 10.2. The molecule has 120 valence electrons. The van der Waals surface area contributed by atoms with Crippen LogP contribution in [0.2, 0.25) is 0 Å². The van der Waals surface area contributed by atoms with Crippen LogP contribution in [0.15, 0.2) is 16.9 Å². The van der Waals surface area contributed by atoms with Gasteiger partial charge in [-0.05, 0) is 13.3 Å². The van der Waals surface area contributed by atoms with Gasteiger partial charge in [-0.2, -0.15) is 18.3 Å². The minimum atomic E-state index is -4.62. The van der Waals surface area contributed by atoms with Crippen LogP contribution in [0.4, 0.5) is 19.1 Å². The second-order valence-corrected chi connectivity index (χ2v) is 4.85. The molecule has 0 radical (unpaired) electrons.